The van der Waals surface area contributed by atoms with Crippen molar-refractivity contribution in [3.8, 4) is 17.5 Å². The van der Waals surface area contributed by atoms with E-state index in [1.165, 1.54) is 18.5 Å². The lowest BCUT2D eigenvalue weighted by molar-refractivity contribution is 0.346. The minimum absolute atomic E-state index is 0.0558. The fourth-order valence-corrected chi connectivity index (χ4v) is 4.98. The minimum Gasteiger partial charge on any atom is -0.423 e. The van der Waals surface area contributed by atoms with Gasteiger partial charge in [0.15, 0.2) is 0 Å². The summed E-state index contributed by atoms with van der Waals surface area (Å²) in [6, 6.07) is 9.69. The summed E-state index contributed by atoms with van der Waals surface area (Å²) >= 11 is 0. The molecule has 11 heteroatoms. The number of H-pyrrole nitrogens is 1. The lowest BCUT2D eigenvalue weighted by Crippen LogP contribution is -2.49. The van der Waals surface area contributed by atoms with Crippen LogP contribution in [0.2, 0.25) is 0 Å². The molecule has 1 saturated carbocycles. The first-order chi connectivity index (χ1) is 15.0. The van der Waals surface area contributed by atoms with E-state index in [9.17, 15) is 8.42 Å². The van der Waals surface area contributed by atoms with Gasteiger partial charge in [-0.25, -0.2) is 18.1 Å². The Morgan fingerprint density at radius 1 is 1.23 bits per heavy atom. The van der Waals surface area contributed by atoms with E-state index in [1.807, 2.05) is 12.1 Å². The van der Waals surface area contributed by atoms with E-state index < -0.39 is 10.0 Å². The van der Waals surface area contributed by atoms with Gasteiger partial charge in [0.25, 0.3) is 5.89 Å². The Labute approximate surface area is 177 Å². The average Bonchev–Trinajstić information content (AvgIpc) is 3.44. The lowest BCUT2D eigenvalue weighted by atomic mass is 9.87. The van der Waals surface area contributed by atoms with E-state index >= 15 is 0 Å². The van der Waals surface area contributed by atoms with Crippen LogP contribution in [-0.4, -0.2) is 40.7 Å². The van der Waals surface area contributed by atoms with Crippen LogP contribution in [0.15, 0.2) is 58.4 Å². The predicted molar refractivity (Wildman–Crippen MR) is 111 cm³/mol. The van der Waals surface area contributed by atoms with Crippen LogP contribution in [0.4, 0.5) is 5.69 Å². The first-order valence-electron chi connectivity index (χ1n) is 9.55. The Morgan fingerprint density at radius 3 is 2.87 bits per heavy atom. The molecule has 0 atom stereocenters. The molecule has 4 aromatic rings. The van der Waals surface area contributed by atoms with Crippen LogP contribution < -0.4 is 10.0 Å². The van der Waals surface area contributed by atoms with Crippen molar-refractivity contribution in [2.45, 2.75) is 29.8 Å². The molecule has 0 amide bonds. The van der Waals surface area contributed by atoms with Gasteiger partial charge in [0.1, 0.15) is 5.65 Å². The molecular formula is C20H17N7O3S. The number of nitriles is 1. The third-order valence-corrected chi connectivity index (χ3v) is 6.78. The van der Waals surface area contributed by atoms with Gasteiger partial charge in [0.2, 0.25) is 16.4 Å². The molecule has 3 N–H and O–H groups in total. The molecule has 156 valence electrons. The van der Waals surface area contributed by atoms with Gasteiger partial charge in [-0.15, -0.1) is 10.2 Å². The van der Waals surface area contributed by atoms with Crippen LogP contribution in [0, 0.1) is 11.3 Å². The molecule has 0 spiro atoms. The molecular weight excluding hydrogens is 418 g/mol. The van der Waals surface area contributed by atoms with Crippen LogP contribution in [0.5, 0.6) is 0 Å². The predicted octanol–water partition coefficient (Wildman–Crippen LogP) is 2.41. The minimum atomic E-state index is -3.70. The number of benzene rings is 1. The highest BCUT2D eigenvalue weighted by Gasteiger charge is 2.34. The molecule has 10 nitrogen and oxygen atoms in total. The van der Waals surface area contributed by atoms with Crippen LogP contribution in [0.3, 0.4) is 0 Å². The summed E-state index contributed by atoms with van der Waals surface area (Å²) in [6.45, 7) is 0. The van der Waals surface area contributed by atoms with Gasteiger partial charge < -0.3 is 14.7 Å². The van der Waals surface area contributed by atoms with Crippen molar-refractivity contribution in [1.82, 2.24) is 24.9 Å². The molecule has 0 saturated heterocycles. The van der Waals surface area contributed by atoms with E-state index in [2.05, 4.69) is 30.2 Å². The summed E-state index contributed by atoms with van der Waals surface area (Å²) in [5, 5.41) is 21.1. The number of nitrogens with one attached hydrogen (secondary N) is 3. The second kappa shape index (κ2) is 7.50. The Bertz CT molecular complexity index is 1380. The number of hydrogen-bond acceptors (Lipinski definition) is 8. The monoisotopic (exact) mass is 435 g/mol. The topological polar surface area (TPSA) is 150 Å². The molecule has 1 fully saturated rings. The summed E-state index contributed by atoms with van der Waals surface area (Å²) in [5.41, 5.74) is 2.52. The van der Waals surface area contributed by atoms with Gasteiger partial charge in [-0.05, 0) is 37.1 Å². The summed E-state index contributed by atoms with van der Waals surface area (Å²) in [6.07, 6.45) is 5.93. The summed E-state index contributed by atoms with van der Waals surface area (Å²) in [5.74, 6) is 0.354. The molecule has 5 rings (SSSR count). The van der Waals surface area contributed by atoms with Gasteiger partial charge in [-0.3, -0.25) is 0 Å². The van der Waals surface area contributed by atoms with Crippen LogP contribution in [0.25, 0.3) is 22.5 Å². The fourth-order valence-electron chi connectivity index (χ4n) is 3.67. The molecule has 0 aliphatic heterocycles. The maximum absolute atomic E-state index is 12.6. The van der Waals surface area contributed by atoms with Crippen molar-refractivity contribution < 1.29 is 12.8 Å². The highest BCUT2D eigenvalue weighted by atomic mass is 32.2. The molecule has 0 radical (unpaired) electrons. The quantitative estimate of drug-likeness (QED) is 0.418. The Hall–Kier alpha value is -3.75. The molecule has 3 aromatic heterocycles. The molecule has 1 aromatic carbocycles. The van der Waals surface area contributed by atoms with Gasteiger partial charge in [-0.2, -0.15) is 5.26 Å². The zero-order chi connectivity index (χ0) is 21.4. The molecule has 1 aliphatic carbocycles. The van der Waals surface area contributed by atoms with Crippen LogP contribution in [0.1, 0.15) is 18.4 Å². The standard InChI is InChI=1S/C20H17N7O3S/c21-9-12-2-1-3-15(6-12)31(28,29)27-14-7-13(8-14)25-18-16-4-5-22-19(16)23-10-17(18)20-26-24-11-30-20/h1-6,10-11,13-14,27H,7-8H2,(H2,22,23,25)/t13-,14+. The van der Waals surface area contributed by atoms with Crippen LogP contribution >= 0.6 is 0 Å². The first-order valence-corrected chi connectivity index (χ1v) is 11.0. The number of pyridine rings is 1. The second-order valence-corrected chi connectivity index (χ2v) is 9.02. The normalized spacial score (nSPS) is 18.4. The Morgan fingerprint density at radius 2 is 2.10 bits per heavy atom. The highest BCUT2D eigenvalue weighted by molar-refractivity contribution is 7.89. The van der Waals surface area contributed by atoms with Crippen molar-refractivity contribution >= 4 is 26.7 Å². The smallest absolute Gasteiger partial charge is 0.251 e. The van der Waals surface area contributed by atoms with Gasteiger partial charge in [-0.1, -0.05) is 6.07 Å². The van der Waals surface area contributed by atoms with E-state index in [0.717, 1.165) is 16.7 Å². The number of aromatic amines is 1. The van der Waals surface area contributed by atoms with E-state index in [0.29, 0.717) is 29.9 Å². The lowest BCUT2D eigenvalue weighted by Gasteiger charge is -2.37. The third kappa shape index (κ3) is 3.63. The first kappa shape index (κ1) is 19.2. The van der Waals surface area contributed by atoms with E-state index in [4.69, 9.17) is 9.68 Å². The molecule has 1 aliphatic rings. The maximum atomic E-state index is 12.6. The number of hydrogen-bond donors (Lipinski definition) is 3. The number of sulfonamides is 1. The molecule has 3 heterocycles. The van der Waals surface area contributed by atoms with E-state index in [-0.39, 0.29) is 17.0 Å². The number of rotatable bonds is 6. The maximum Gasteiger partial charge on any atom is 0.251 e. The number of fused-ring (bicyclic) bond motifs is 1. The van der Waals surface area contributed by atoms with Crippen molar-refractivity contribution in [1.29, 1.82) is 5.26 Å². The summed E-state index contributed by atoms with van der Waals surface area (Å²) in [4.78, 5) is 7.55. The Kier molecular flexibility index (Phi) is 4.65. The number of aromatic nitrogens is 4. The second-order valence-electron chi connectivity index (χ2n) is 7.30. The Balaban J connectivity index is 1.31. The zero-order valence-electron chi connectivity index (χ0n) is 16.1. The van der Waals surface area contributed by atoms with Crippen molar-refractivity contribution in [2.24, 2.45) is 0 Å². The largest absolute Gasteiger partial charge is 0.423 e. The van der Waals surface area contributed by atoms with E-state index in [1.54, 1.807) is 24.5 Å². The zero-order valence-corrected chi connectivity index (χ0v) is 16.9. The van der Waals surface area contributed by atoms with Gasteiger partial charge in [0.05, 0.1) is 27.8 Å². The molecule has 31 heavy (non-hydrogen) atoms. The van der Waals surface area contributed by atoms with Gasteiger partial charge >= 0.3 is 0 Å². The molecule has 0 unspecified atom stereocenters. The van der Waals surface area contributed by atoms with Crippen molar-refractivity contribution in [3.63, 3.8) is 0 Å². The van der Waals surface area contributed by atoms with Crippen LogP contribution in [-0.2, 0) is 10.0 Å². The fraction of sp³-hybridized carbons (Fsp3) is 0.200. The average molecular weight is 435 g/mol. The SMILES string of the molecule is N#Cc1cccc(S(=O)(=O)N[C@H]2C[C@@H](Nc3c(-c4nnco4)cnc4[nH]ccc34)C2)c1. The number of nitrogens with zero attached hydrogens (tertiary/aromatic N) is 4. The van der Waals surface area contributed by atoms with Crippen molar-refractivity contribution in [3.05, 3.63) is 54.7 Å². The third-order valence-electron chi connectivity index (χ3n) is 5.26. The number of anilines is 1. The van der Waals surface area contributed by atoms with Crippen molar-refractivity contribution in [2.75, 3.05) is 5.32 Å². The van der Waals surface area contributed by atoms with Gasteiger partial charge in [0, 0.05) is 29.9 Å². The summed E-state index contributed by atoms with van der Waals surface area (Å²) in [7, 11) is -3.70. The highest BCUT2D eigenvalue weighted by Crippen LogP contribution is 2.35. The summed E-state index contributed by atoms with van der Waals surface area (Å²) < 4.78 is 33.3. The molecule has 0 bridgehead atoms.